The topological polar surface area (TPSA) is 44.8 Å². The van der Waals surface area contributed by atoms with Crippen LogP contribution in [0.1, 0.15) is 0 Å². The summed E-state index contributed by atoms with van der Waals surface area (Å²) in [7, 11) is 2.05. The van der Waals surface area contributed by atoms with Gasteiger partial charge in [-0.25, -0.2) is 4.79 Å². The molecule has 2 amide bonds. The summed E-state index contributed by atoms with van der Waals surface area (Å²) in [5.74, 6) is 0.683. The number of hydrogen-bond acceptors (Lipinski definition) is 3. The summed E-state index contributed by atoms with van der Waals surface area (Å²) in [5.41, 5.74) is 0. The number of carbonyl (C=O) groups is 1. The molecular weight excluding hydrogens is 266 g/mol. The molecule has 5 nitrogen and oxygen atoms in total. The molecule has 1 aromatic carbocycles. The van der Waals surface area contributed by atoms with Crippen molar-refractivity contribution in [2.75, 3.05) is 40.0 Å². The first-order valence-corrected chi connectivity index (χ1v) is 6.62. The third-order valence-corrected chi connectivity index (χ3v) is 3.32. The molecule has 19 heavy (non-hydrogen) atoms. The molecule has 1 heterocycles. The van der Waals surface area contributed by atoms with E-state index < -0.39 is 0 Å². The van der Waals surface area contributed by atoms with E-state index in [2.05, 4.69) is 17.3 Å². The first-order chi connectivity index (χ1) is 9.15. The van der Waals surface area contributed by atoms with Crippen LogP contribution in [0.5, 0.6) is 5.75 Å². The van der Waals surface area contributed by atoms with E-state index in [0.29, 0.717) is 10.8 Å². The first-order valence-electron chi connectivity index (χ1n) is 6.25. The highest BCUT2D eigenvalue weighted by Crippen LogP contribution is 2.14. The Morgan fingerprint density at radius 2 is 1.89 bits per heavy atom. The number of piperazine rings is 1. The van der Waals surface area contributed by atoms with Crippen LogP contribution in [0, 0.1) is 0 Å². The third-order valence-electron chi connectivity index (χ3n) is 3.07. The molecule has 0 aliphatic carbocycles. The molecule has 1 fully saturated rings. The largest absolute Gasteiger partial charge is 0.473 e. The average molecular weight is 284 g/mol. The summed E-state index contributed by atoms with van der Waals surface area (Å²) >= 11 is 5.77. The molecule has 2 rings (SSSR count). The van der Waals surface area contributed by atoms with Crippen LogP contribution in [-0.4, -0.2) is 55.8 Å². The van der Waals surface area contributed by atoms with Crippen LogP contribution >= 0.6 is 11.6 Å². The highest BCUT2D eigenvalue weighted by molar-refractivity contribution is 6.30. The smallest absolute Gasteiger partial charge is 0.320 e. The lowest BCUT2D eigenvalue weighted by Crippen LogP contribution is -2.51. The van der Waals surface area contributed by atoms with Gasteiger partial charge in [-0.3, -0.25) is 0 Å². The van der Waals surface area contributed by atoms with Crippen LogP contribution in [0.25, 0.3) is 0 Å². The first kappa shape index (κ1) is 14.0. The lowest BCUT2D eigenvalue weighted by molar-refractivity contribution is 0.147. The molecule has 1 N–H and O–H groups in total. The van der Waals surface area contributed by atoms with E-state index in [9.17, 15) is 4.79 Å². The van der Waals surface area contributed by atoms with Gasteiger partial charge in [0.2, 0.25) is 0 Å². The molecule has 0 bridgehead atoms. The van der Waals surface area contributed by atoms with Crippen LogP contribution in [-0.2, 0) is 0 Å². The average Bonchev–Trinajstić information content (AvgIpc) is 2.41. The molecule has 0 unspecified atom stereocenters. The number of amides is 2. The minimum atomic E-state index is -0.0814. The molecule has 0 aromatic heterocycles. The SMILES string of the molecule is CN1CCN(C(=O)NCOc2ccc(Cl)cc2)CC1. The predicted octanol–water partition coefficient (Wildman–Crippen LogP) is 1.63. The summed E-state index contributed by atoms with van der Waals surface area (Å²) < 4.78 is 5.42. The Morgan fingerprint density at radius 1 is 1.26 bits per heavy atom. The van der Waals surface area contributed by atoms with Crippen molar-refractivity contribution in [2.45, 2.75) is 0 Å². The predicted molar refractivity (Wildman–Crippen MR) is 74.5 cm³/mol. The van der Waals surface area contributed by atoms with E-state index in [1.165, 1.54) is 0 Å². The maximum Gasteiger partial charge on any atom is 0.320 e. The number of likely N-dealkylation sites (N-methyl/N-ethyl adjacent to an activating group) is 1. The van der Waals surface area contributed by atoms with E-state index >= 15 is 0 Å². The minimum Gasteiger partial charge on any atom is -0.473 e. The zero-order chi connectivity index (χ0) is 13.7. The summed E-state index contributed by atoms with van der Waals surface area (Å²) in [4.78, 5) is 15.8. The van der Waals surface area contributed by atoms with Crippen LogP contribution in [0.2, 0.25) is 5.02 Å². The molecule has 1 saturated heterocycles. The van der Waals surface area contributed by atoms with E-state index in [-0.39, 0.29) is 12.8 Å². The Kier molecular flexibility index (Phi) is 4.87. The van der Waals surface area contributed by atoms with Crippen LogP contribution in [0.3, 0.4) is 0 Å². The lowest BCUT2D eigenvalue weighted by atomic mass is 10.3. The summed E-state index contributed by atoms with van der Waals surface area (Å²) in [5, 5.41) is 3.40. The number of urea groups is 1. The van der Waals surface area contributed by atoms with Crippen molar-refractivity contribution in [3.05, 3.63) is 29.3 Å². The third kappa shape index (κ3) is 4.29. The van der Waals surface area contributed by atoms with Crippen LogP contribution in [0.15, 0.2) is 24.3 Å². The van der Waals surface area contributed by atoms with Crippen LogP contribution in [0.4, 0.5) is 4.79 Å². The van der Waals surface area contributed by atoms with Gasteiger partial charge in [0, 0.05) is 31.2 Å². The fourth-order valence-corrected chi connectivity index (χ4v) is 1.96. The van der Waals surface area contributed by atoms with Gasteiger partial charge in [-0.2, -0.15) is 0 Å². The number of ether oxygens (including phenoxy) is 1. The van der Waals surface area contributed by atoms with Gasteiger partial charge in [0.25, 0.3) is 0 Å². The van der Waals surface area contributed by atoms with E-state index in [4.69, 9.17) is 16.3 Å². The molecule has 1 aromatic rings. The summed E-state index contributed by atoms with van der Waals surface area (Å²) in [6.07, 6.45) is 0. The Balaban J connectivity index is 1.70. The maximum atomic E-state index is 11.8. The molecule has 6 heteroatoms. The van der Waals surface area contributed by atoms with Gasteiger partial charge >= 0.3 is 6.03 Å². The molecule has 0 radical (unpaired) electrons. The maximum absolute atomic E-state index is 11.8. The Morgan fingerprint density at radius 3 is 2.53 bits per heavy atom. The zero-order valence-electron chi connectivity index (χ0n) is 10.9. The highest BCUT2D eigenvalue weighted by Gasteiger charge is 2.18. The number of rotatable bonds is 3. The summed E-state index contributed by atoms with van der Waals surface area (Å²) in [6.45, 7) is 3.48. The number of hydrogen-bond donors (Lipinski definition) is 1. The number of carbonyl (C=O) groups excluding carboxylic acids is 1. The van der Waals surface area contributed by atoms with Gasteiger partial charge < -0.3 is 19.9 Å². The normalized spacial score (nSPS) is 16.2. The van der Waals surface area contributed by atoms with E-state index in [1.54, 1.807) is 29.2 Å². The Labute approximate surface area is 118 Å². The van der Waals surface area contributed by atoms with Crippen LogP contribution < -0.4 is 10.1 Å². The molecule has 1 aliphatic rings. The van der Waals surface area contributed by atoms with Gasteiger partial charge in [-0.1, -0.05) is 11.6 Å². The minimum absolute atomic E-state index is 0.0814. The van der Waals surface area contributed by atoms with Gasteiger partial charge in [0.15, 0.2) is 6.73 Å². The highest BCUT2D eigenvalue weighted by atomic mass is 35.5. The van der Waals surface area contributed by atoms with E-state index in [0.717, 1.165) is 26.2 Å². The van der Waals surface area contributed by atoms with Gasteiger partial charge in [-0.05, 0) is 31.3 Å². The lowest BCUT2D eigenvalue weighted by Gasteiger charge is -2.32. The van der Waals surface area contributed by atoms with Crippen molar-refractivity contribution < 1.29 is 9.53 Å². The number of nitrogens with zero attached hydrogens (tertiary/aromatic N) is 2. The zero-order valence-corrected chi connectivity index (χ0v) is 11.7. The van der Waals surface area contributed by atoms with Gasteiger partial charge in [0.1, 0.15) is 5.75 Å². The number of benzene rings is 1. The Hall–Kier alpha value is -1.46. The Bertz CT molecular complexity index is 416. The van der Waals surface area contributed by atoms with Crippen molar-refractivity contribution in [2.24, 2.45) is 0 Å². The number of nitrogens with one attached hydrogen (secondary N) is 1. The second-order valence-electron chi connectivity index (χ2n) is 4.51. The van der Waals surface area contributed by atoms with Crippen molar-refractivity contribution in [1.82, 2.24) is 15.1 Å². The summed E-state index contributed by atoms with van der Waals surface area (Å²) in [6, 6.07) is 6.95. The fraction of sp³-hybridized carbons (Fsp3) is 0.462. The second-order valence-corrected chi connectivity index (χ2v) is 4.95. The van der Waals surface area contributed by atoms with Crippen molar-refractivity contribution in [3.63, 3.8) is 0 Å². The monoisotopic (exact) mass is 283 g/mol. The van der Waals surface area contributed by atoms with Gasteiger partial charge in [0.05, 0.1) is 0 Å². The van der Waals surface area contributed by atoms with Crippen molar-refractivity contribution in [3.8, 4) is 5.75 Å². The molecule has 0 saturated carbocycles. The second kappa shape index (κ2) is 6.63. The van der Waals surface area contributed by atoms with Crippen molar-refractivity contribution in [1.29, 1.82) is 0 Å². The molecule has 0 spiro atoms. The quantitative estimate of drug-likeness (QED) is 0.858. The fourth-order valence-electron chi connectivity index (χ4n) is 1.83. The van der Waals surface area contributed by atoms with E-state index in [1.807, 2.05) is 0 Å². The van der Waals surface area contributed by atoms with Crippen molar-refractivity contribution >= 4 is 17.6 Å². The molecule has 1 aliphatic heterocycles. The van der Waals surface area contributed by atoms with Gasteiger partial charge in [-0.15, -0.1) is 0 Å². The molecule has 104 valence electrons. The standard InChI is InChI=1S/C13H18ClN3O2/c1-16-6-8-17(9-7-16)13(18)15-10-19-12-4-2-11(14)3-5-12/h2-5H,6-10H2,1H3,(H,15,18). The number of halogens is 1. The molecule has 0 atom stereocenters. The molecular formula is C13H18ClN3O2.